The molecular formula is C11H11IO5. The second-order valence-corrected chi connectivity index (χ2v) is 5.15. The maximum atomic E-state index is 11.2. The Morgan fingerprint density at radius 1 is 0.882 bits per heavy atom. The number of halogens is 1. The van der Waals surface area contributed by atoms with Gasteiger partial charge in [0, 0.05) is 0 Å². The van der Waals surface area contributed by atoms with Crippen LogP contribution in [0.2, 0.25) is 0 Å². The molecule has 0 radical (unpaired) electrons. The Balaban J connectivity index is 3.88. The van der Waals surface area contributed by atoms with E-state index in [0.717, 1.165) is 0 Å². The Morgan fingerprint density at radius 2 is 1.35 bits per heavy atom. The van der Waals surface area contributed by atoms with Gasteiger partial charge in [-0.15, -0.1) is 0 Å². The van der Waals surface area contributed by atoms with Crippen molar-refractivity contribution in [2.45, 2.75) is 20.8 Å². The lowest BCUT2D eigenvalue weighted by atomic mass is 9.93. The van der Waals surface area contributed by atoms with Crippen LogP contribution in [-0.4, -0.2) is 22.2 Å². The first-order valence-corrected chi connectivity index (χ1v) is 6.66. The average molecular weight is 350 g/mol. The average Bonchev–Trinajstić information content (AvgIpc) is 2.21. The van der Waals surface area contributed by atoms with Crippen LogP contribution in [-0.2, 0) is 3.07 Å². The lowest BCUT2D eigenvalue weighted by molar-refractivity contribution is 0.0694. The van der Waals surface area contributed by atoms with Crippen molar-refractivity contribution < 1.29 is 22.9 Å². The smallest absolute Gasteiger partial charge is 0.337 e. The Labute approximate surface area is 108 Å². The Kier molecular flexibility index (Phi) is 3.97. The zero-order valence-corrected chi connectivity index (χ0v) is 11.7. The molecule has 0 aliphatic rings. The molecular weight excluding hydrogens is 339 g/mol. The van der Waals surface area contributed by atoms with E-state index >= 15 is 0 Å². The van der Waals surface area contributed by atoms with Crippen LogP contribution in [0.15, 0.2) is 0 Å². The van der Waals surface area contributed by atoms with E-state index in [0.29, 0.717) is 11.1 Å². The van der Waals surface area contributed by atoms with Crippen molar-refractivity contribution in [3.05, 3.63) is 31.4 Å². The minimum absolute atomic E-state index is 0.0129. The summed E-state index contributed by atoms with van der Waals surface area (Å²) in [5, 5.41) is 18.2. The number of hydrogen-bond donors (Lipinski definition) is 2. The van der Waals surface area contributed by atoms with Gasteiger partial charge in [0.25, 0.3) is 0 Å². The van der Waals surface area contributed by atoms with Crippen molar-refractivity contribution in [1.82, 2.24) is 0 Å². The summed E-state index contributed by atoms with van der Waals surface area (Å²) in [4.78, 5) is 22.2. The van der Waals surface area contributed by atoms with Crippen LogP contribution in [0.3, 0.4) is 0 Å². The van der Waals surface area contributed by atoms with Gasteiger partial charge >= 0.3 is 11.9 Å². The van der Waals surface area contributed by atoms with Gasteiger partial charge in [0.1, 0.15) is 0 Å². The zero-order chi connectivity index (χ0) is 13.3. The van der Waals surface area contributed by atoms with Gasteiger partial charge in [0.05, 0.1) is 14.7 Å². The molecule has 0 saturated carbocycles. The fourth-order valence-electron chi connectivity index (χ4n) is 1.78. The fourth-order valence-corrected chi connectivity index (χ4v) is 3.37. The van der Waals surface area contributed by atoms with Crippen LogP contribution < -0.4 is 0 Å². The minimum Gasteiger partial charge on any atom is -0.478 e. The van der Waals surface area contributed by atoms with Crippen LogP contribution in [0.4, 0.5) is 0 Å². The Morgan fingerprint density at radius 3 is 1.71 bits per heavy atom. The van der Waals surface area contributed by atoms with E-state index in [-0.39, 0.29) is 20.3 Å². The standard InChI is InChI=1S/C11H11IO5/c1-4-5(2)9(12-17)8(11(15)16)6(3)7(4)10(13)14/h1-3H3,(H,13,14)(H,15,16). The van der Waals surface area contributed by atoms with E-state index in [2.05, 4.69) is 0 Å². The first-order chi connectivity index (χ1) is 7.82. The molecule has 0 unspecified atom stereocenters. The van der Waals surface area contributed by atoms with Gasteiger partial charge in [-0.05, 0) is 37.5 Å². The van der Waals surface area contributed by atoms with Crippen molar-refractivity contribution >= 4 is 33.1 Å². The summed E-state index contributed by atoms with van der Waals surface area (Å²) >= 11 is -1.66. The third-order valence-corrected chi connectivity index (χ3v) is 4.53. The SMILES string of the molecule is Cc1c(C)c(C(=O)O)c(C)c(C(=O)O)c1I=O. The molecule has 17 heavy (non-hydrogen) atoms. The summed E-state index contributed by atoms with van der Waals surface area (Å²) < 4.78 is 11.4. The highest BCUT2D eigenvalue weighted by atomic mass is 127. The molecule has 92 valence electrons. The molecule has 0 amide bonds. The second kappa shape index (κ2) is 4.91. The second-order valence-electron chi connectivity index (χ2n) is 3.63. The minimum atomic E-state index is -1.66. The van der Waals surface area contributed by atoms with E-state index in [1.54, 1.807) is 13.8 Å². The van der Waals surface area contributed by atoms with Crippen LogP contribution in [0.25, 0.3) is 0 Å². The lowest BCUT2D eigenvalue weighted by Gasteiger charge is -2.14. The summed E-state index contributed by atoms with van der Waals surface area (Å²) in [5.41, 5.74) is 0.992. The van der Waals surface area contributed by atoms with Gasteiger partial charge in [-0.25, -0.2) is 9.59 Å². The monoisotopic (exact) mass is 350 g/mol. The molecule has 6 heteroatoms. The van der Waals surface area contributed by atoms with Crippen LogP contribution in [0.1, 0.15) is 37.4 Å². The van der Waals surface area contributed by atoms with Crippen molar-refractivity contribution in [3.63, 3.8) is 0 Å². The summed E-state index contributed by atoms with van der Waals surface area (Å²) in [5.74, 6) is -2.40. The quantitative estimate of drug-likeness (QED) is 0.818. The van der Waals surface area contributed by atoms with E-state index in [1.807, 2.05) is 0 Å². The summed E-state index contributed by atoms with van der Waals surface area (Å²) in [7, 11) is 0. The van der Waals surface area contributed by atoms with Crippen LogP contribution >= 0.6 is 21.2 Å². The molecule has 1 aromatic carbocycles. The Hall–Kier alpha value is -1.31. The number of carboxylic acids is 2. The molecule has 1 rings (SSSR count). The van der Waals surface area contributed by atoms with Crippen LogP contribution in [0, 0.1) is 24.3 Å². The van der Waals surface area contributed by atoms with Crippen molar-refractivity contribution in [2.75, 3.05) is 0 Å². The maximum Gasteiger partial charge on any atom is 0.337 e. The summed E-state index contributed by atoms with van der Waals surface area (Å²) in [6, 6.07) is 0. The largest absolute Gasteiger partial charge is 0.478 e. The molecule has 0 fully saturated rings. The Bertz CT molecular complexity index is 533. The predicted octanol–water partition coefficient (Wildman–Crippen LogP) is 2.49. The highest BCUT2D eigenvalue weighted by molar-refractivity contribution is 14.1. The normalized spacial score (nSPS) is 10.3. The molecule has 0 spiro atoms. The topological polar surface area (TPSA) is 91.7 Å². The van der Waals surface area contributed by atoms with Crippen molar-refractivity contribution in [2.24, 2.45) is 0 Å². The van der Waals surface area contributed by atoms with Gasteiger partial charge in [-0.3, -0.25) is 3.07 Å². The van der Waals surface area contributed by atoms with Crippen LogP contribution in [0.5, 0.6) is 0 Å². The number of benzene rings is 1. The first kappa shape index (κ1) is 13.8. The highest BCUT2D eigenvalue weighted by Crippen LogP contribution is 2.30. The van der Waals surface area contributed by atoms with Gasteiger partial charge in [-0.1, -0.05) is 0 Å². The molecule has 0 aromatic heterocycles. The highest BCUT2D eigenvalue weighted by Gasteiger charge is 2.24. The fraction of sp³-hybridized carbons (Fsp3) is 0.273. The summed E-state index contributed by atoms with van der Waals surface area (Å²) in [6.07, 6.45) is 0. The third kappa shape index (κ3) is 2.21. The molecule has 0 saturated heterocycles. The number of carboxylic acid groups (broad SMARTS) is 2. The molecule has 0 bridgehead atoms. The molecule has 2 N–H and O–H groups in total. The van der Waals surface area contributed by atoms with Crippen molar-refractivity contribution in [3.8, 4) is 0 Å². The van der Waals surface area contributed by atoms with E-state index < -0.39 is 33.1 Å². The van der Waals surface area contributed by atoms with Gasteiger partial charge in [-0.2, -0.15) is 0 Å². The number of rotatable bonds is 3. The summed E-state index contributed by atoms with van der Waals surface area (Å²) in [6.45, 7) is 4.63. The number of aromatic carboxylic acids is 2. The molecule has 1 aromatic rings. The van der Waals surface area contributed by atoms with Crippen molar-refractivity contribution in [1.29, 1.82) is 0 Å². The molecule has 0 aliphatic heterocycles. The zero-order valence-electron chi connectivity index (χ0n) is 9.50. The lowest BCUT2D eigenvalue weighted by Crippen LogP contribution is -2.13. The number of carbonyl (C=O) groups is 2. The third-order valence-electron chi connectivity index (χ3n) is 2.74. The van der Waals surface area contributed by atoms with Gasteiger partial charge in [0.2, 0.25) is 0 Å². The first-order valence-electron chi connectivity index (χ1n) is 4.70. The van der Waals surface area contributed by atoms with E-state index in [1.165, 1.54) is 6.92 Å². The van der Waals surface area contributed by atoms with E-state index in [4.69, 9.17) is 10.2 Å². The molecule has 0 aliphatic carbocycles. The molecule has 0 heterocycles. The molecule has 5 nitrogen and oxygen atoms in total. The molecule has 0 atom stereocenters. The maximum absolute atomic E-state index is 11.2. The number of hydrogen-bond acceptors (Lipinski definition) is 3. The van der Waals surface area contributed by atoms with E-state index in [9.17, 15) is 12.7 Å². The van der Waals surface area contributed by atoms with Gasteiger partial charge < -0.3 is 10.2 Å². The predicted molar refractivity (Wildman–Crippen MR) is 68.0 cm³/mol. The van der Waals surface area contributed by atoms with Gasteiger partial charge in [0.15, 0.2) is 21.2 Å².